The predicted octanol–water partition coefficient (Wildman–Crippen LogP) is 6.25. The Morgan fingerprint density at radius 2 is 1.81 bits per heavy atom. The molecule has 2 aliphatic rings. The van der Waals surface area contributed by atoms with E-state index in [1.165, 1.54) is 16.4 Å². The molecule has 36 heavy (non-hydrogen) atoms. The molecule has 0 N–H and O–H groups in total. The van der Waals surface area contributed by atoms with Crippen molar-refractivity contribution in [1.82, 2.24) is 15.1 Å². The SMILES string of the molecule is O=S(=O)(c1ccc(Cl)cc1)N1CCCc2ccc(Oc3cc(-c4noc(C5CC5)n4)cc(Cl)n3)cc21. The first kappa shape index (κ1) is 23.3. The van der Waals surface area contributed by atoms with Crippen LogP contribution in [-0.2, 0) is 16.4 Å². The summed E-state index contributed by atoms with van der Waals surface area (Å²) in [6.45, 7) is 0.363. The van der Waals surface area contributed by atoms with E-state index in [4.69, 9.17) is 32.5 Å². The summed E-state index contributed by atoms with van der Waals surface area (Å²) in [5, 5.41) is 4.74. The fourth-order valence-electron chi connectivity index (χ4n) is 4.19. The highest BCUT2D eigenvalue weighted by Crippen LogP contribution is 2.40. The predicted molar refractivity (Wildman–Crippen MR) is 135 cm³/mol. The van der Waals surface area contributed by atoms with Crippen molar-refractivity contribution in [2.75, 3.05) is 10.8 Å². The third-order valence-electron chi connectivity index (χ3n) is 6.15. The van der Waals surface area contributed by atoms with Gasteiger partial charge in [-0.05, 0) is 67.6 Å². The van der Waals surface area contributed by atoms with Crippen LogP contribution in [0.4, 0.5) is 5.69 Å². The summed E-state index contributed by atoms with van der Waals surface area (Å²) in [7, 11) is -3.78. The van der Waals surface area contributed by atoms with Crippen molar-refractivity contribution >= 4 is 38.9 Å². The number of benzene rings is 2. The number of rotatable bonds is 6. The molecular weight excluding hydrogens is 523 g/mol. The van der Waals surface area contributed by atoms with Gasteiger partial charge in [0.05, 0.1) is 10.6 Å². The molecule has 3 heterocycles. The second kappa shape index (κ2) is 9.06. The van der Waals surface area contributed by atoms with E-state index in [1.807, 2.05) is 6.07 Å². The van der Waals surface area contributed by atoms with E-state index >= 15 is 0 Å². The molecule has 0 bridgehead atoms. The summed E-state index contributed by atoms with van der Waals surface area (Å²) in [5.74, 6) is 2.04. The van der Waals surface area contributed by atoms with E-state index in [-0.39, 0.29) is 15.9 Å². The van der Waals surface area contributed by atoms with Gasteiger partial charge in [-0.2, -0.15) is 4.98 Å². The zero-order valence-electron chi connectivity index (χ0n) is 18.9. The molecule has 0 amide bonds. The van der Waals surface area contributed by atoms with Crippen molar-refractivity contribution in [3.05, 3.63) is 76.2 Å². The van der Waals surface area contributed by atoms with Crippen LogP contribution in [0.5, 0.6) is 11.6 Å². The maximum absolute atomic E-state index is 13.4. The Balaban J connectivity index is 1.31. The largest absolute Gasteiger partial charge is 0.439 e. The number of pyridine rings is 1. The lowest BCUT2D eigenvalue weighted by Crippen LogP contribution is -2.35. The molecule has 2 aromatic heterocycles. The Kier molecular flexibility index (Phi) is 5.86. The number of nitrogens with zero attached hydrogens (tertiary/aromatic N) is 4. The Labute approximate surface area is 217 Å². The van der Waals surface area contributed by atoms with Gasteiger partial charge in [-0.15, -0.1) is 0 Å². The quantitative estimate of drug-likeness (QED) is 0.265. The summed E-state index contributed by atoms with van der Waals surface area (Å²) in [4.78, 5) is 8.90. The molecule has 4 aromatic rings. The van der Waals surface area contributed by atoms with Crippen LogP contribution in [0.1, 0.15) is 36.6 Å². The van der Waals surface area contributed by atoms with Crippen LogP contribution in [0.2, 0.25) is 10.2 Å². The van der Waals surface area contributed by atoms with Crippen molar-refractivity contribution in [1.29, 1.82) is 0 Å². The Hall–Kier alpha value is -3.14. The summed E-state index contributed by atoms with van der Waals surface area (Å²) in [5.41, 5.74) is 2.11. The van der Waals surface area contributed by atoms with Crippen LogP contribution in [-0.4, -0.2) is 30.1 Å². The fraction of sp³-hybridized carbons (Fsp3) is 0.240. The summed E-state index contributed by atoms with van der Waals surface area (Å²) < 4.78 is 39.6. The molecule has 11 heteroatoms. The summed E-state index contributed by atoms with van der Waals surface area (Å²) in [6.07, 6.45) is 3.59. The highest BCUT2D eigenvalue weighted by atomic mass is 35.5. The first-order valence-electron chi connectivity index (χ1n) is 11.5. The van der Waals surface area contributed by atoms with Gasteiger partial charge in [0.1, 0.15) is 10.9 Å². The standard InChI is InChI=1S/C25H20Cl2N4O4S/c26-18-6-9-20(10-7-18)36(32,33)31-11-1-2-15-5-8-19(14-21(15)31)34-23-13-17(12-22(27)28-23)24-29-25(35-30-24)16-3-4-16/h5-10,12-14,16H,1-4,11H2. The first-order chi connectivity index (χ1) is 17.4. The number of hydrogen-bond donors (Lipinski definition) is 0. The lowest BCUT2D eigenvalue weighted by molar-refractivity contribution is 0.380. The average Bonchev–Trinajstić information content (AvgIpc) is 3.59. The number of fused-ring (bicyclic) bond motifs is 1. The first-order valence-corrected chi connectivity index (χ1v) is 13.7. The maximum Gasteiger partial charge on any atom is 0.264 e. The number of hydrogen-bond acceptors (Lipinski definition) is 7. The maximum atomic E-state index is 13.4. The highest BCUT2D eigenvalue weighted by Gasteiger charge is 2.31. The van der Waals surface area contributed by atoms with E-state index < -0.39 is 10.0 Å². The number of anilines is 1. The number of sulfonamides is 1. The highest BCUT2D eigenvalue weighted by molar-refractivity contribution is 7.92. The summed E-state index contributed by atoms with van der Waals surface area (Å²) in [6, 6.07) is 14.9. The van der Waals surface area contributed by atoms with Crippen LogP contribution in [0.25, 0.3) is 11.4 Å². The lowest BCUT2D eigenvalue weighted by atomic mass is 10.0. The minimum Gasteiger partial charge on any atom is -0.439 e. The second-order valence-electron chi connectivity index (χ2n) is 8.77. The second-order valence-corrected chi connectivity index (χ2v) is 11.5. The van der Waals surface area contributed by atoms with E-state index in [9.17, 15) is 8.42 Å². The molecule has 0 saturated heterocycles. The van der Waals surface area contributed by atoms with Crippen molar-refractivity contribution in [2.45, 2.75) is 36.5 Å². The van der Waals surface area contributed by atoms with Crippen molar-refractivity contribution < 1.29 is 17.7 Å². The molecule has 1 fully saturated rings. The average molecular weight is 543 g/mol. The molecule has 0 radical (unpaired) electrons. The van der Waals surface area contributed by atoms with Crippen LogP contribution in [0, 0.1) is 0 Å². The van der Waals surface area contributed by atoms with Crippen molar-refractivity contribution in [2.24, 2.45) is 0 Å². The van der Waals surface area contributed by atoms with E-state index in [0.29, 0.717) is 52.6 Å². The molecule has 1 aliphatic heterocycles. The van der Waals surface area contributed by atoms with Crippen LogP contribution in [0.3, 0.4) is 0 Å². The Morgan fingerprint density at radius 3 is 2.58 bits per heavy atom. The van der Waals surface area contributed by atoms with Gasteiger partial charge < -0.3 is 9.26 Å². The number of aromatic nitrogens is 3. The zero-order valence-corrected chi connectivity index (χ0v) is 21.2. The molecule has 1 saturated carbocycles. The van der Waals surface area contributed by atoms with Crippen molar-refractivity contribution in [3.63, 3.8) is 0 Å². The van der Waals surface area contributed by atoms with Gasteiger partial charge in [-0.1, -0.05) is 34.4 Å². The molecule has 0 unspecified atom stereocenters. The number of halogens is 2. The van der Waals surface area contributed by atoms with Gasteiger partial charge in [-0.25, -0.2) is 13.4 Å². The van der Waals surface area contributed by atoms with E-state index in [2.05, 4.69) is 15.1 Å². The van der Waals surface area contributed by atoms with Crippen LogP contribution < -0.4 is 9.04 Å². The lowest BCUT2D eigenvalue weighted by Gasteiger charge is -2.30. The Morgan fingerprint density at radius 1 is 1.00 bits per heavy atom. The molecule has 1 aliphatic carbocycles. The molecule has 0 spiro atoms. The van der Waals surface area contributed by atoms with Gasteiger partial charge in [0.2, 0.25) is 17.6 Å². The molecular formula is C25H20Cl2N4O4S. The minimum absolute atomic E-state index is 0.179. The minimum atomic E-state index is -3.78. The van der Waals surface area contributed by atoms with Gasteiger partial charge in [0.25, 0.3) is 10.0 Å². The smallest absolute Gasteiger partial charge is 0.264 e. The normalized spacial score (nSPS) is 15.6. The third-order valence-corrected chi connectivity index (χ3v) is 8.43. The monoisotopic (exact) mass is 542 g/mol. The summed E-state index contributed by atoms with van der Waals surface area (Å²) >= 11 is 12.2. The molecule has 2 aromatic carbocycles. The van der Waals surface area contributed by atoms with E-state index in [1.54, 1.807) is 36.4 Å². The molecule has 0 atom stereocenters. The van der Waals surface area contributed by atoms with Crippen LogP contribution >= 0.6 is 23.2 Å². The molecule has 184 valence electrons. The van der Waals surface area contributed by atoms with Gasteiger partial charge in [0, 0.05) is 35.2 Å². The zero-order chi connectivity index (χ0) is 24.9. The third kappa shape index (κ3) is 4.54. The van der Waals surface area contributed by atoms with Gasteiger partial charge in [-0.3, -0.25) is 4.31 Å². The topological polar surface area (TPSA) is 98.4 Å². The Bertz CT molecular complexity index is 1550. The van der Waals surface area contributed by atoms with Gasteiger partial charge >= 0.3 is 0 Å². The molecule has 8 nitrogen and oxygen atoms in total. The van der Waals surface area contributed by atoms with Crippen LogP contribution in [0.15, 0.2) is 64.0 Å². The van der Waals surface area contributed by atoms with Gasteiger partial charge in [0.15, 0.2) is 0 Å². The fourth-order valence-corrected chi connectivity index (χ4v) is 6.05. The van der Waals surface area contributed by atoms with E-state index in [0.717, 1.165) is 24.8 Å². The number of ether oxygens (including phenoxy) is 1. The van der Waals surface area contributed by atoms with Crippen molar-refractivity contribution in [3.8, 4) is 23.0 Å². The molecule has 6 rings (SSSR count). The number of aryl methyl sites for hydroxylation is 1.